The van der Waals surface area contributed by atoms with Crippen molar-refractivity contribution in [2.24, 2.45) is 16.6 Å². The standard InChI is InChI=1S/C24H22N4O/c1-16-6-4-7-17(14-16)18-8-5-9-20(15-18)24(19-11-12-19)22(29)28(23(25)27-24)21-10-2-3-13-26-21/h2-10,13-15,19H,11-12H2,1H3,(H2,25,27). The van der Waals surface area contributed by atoms with E-state index in [4.69, 9.17) is 10.7 Å². The van der Waals surface area contributed by atoms with Gasteiger partial charge in [0.2, 0.25) is 5.96 Å². The van der Waals surface area contributed by atoms with E-state index in [1.165, 1.54) is 10.5 Å². The Balaban J connectivity index is 1.62. The van der Waals surface area contributed by atoms with Crippen molar-refractivity contribution in [2.45, 2.75) is 25.3 Å². The van der Waals surface area contributed by atoms with Gasteiger partial charge in [0, 0.05) is 6.20 Å². The van der Waals surface area contributed by atoms with Crippen LogP contribution in [0.15, 0.2) is 77.9 Å². The molecule has 1 aliphatic carbocycles. The summed E-state index contributed by atoms with van der Waals surface area (Å²) in [5, 5.41) is 0. The van der Waals surface area contributed by atoms with Crippen molar-refractivity contribution in [3.05, 3.63) is 84.1 Å². The lowest BCUT2D eigenvalue weighted by atomic mass is 9.83. The number of carbonyl (C=O) groups is 1. The first-order valence-electron chi connectivity index (χ1n) is 9.88. The fraction of sp³-hybridized carbons (Fsp3) is 0.208. The molecule has 0 saturated heterocycles. The first kappa shape index (κ1) is 17.6. The molecule has 1 aromatic heterocycles. The van der Waals surface area contributed by atoms with Crippen LogP contribution in [0.2, 0.25) is 0 Å². The van der Waals surface area contributed by atoms with E-state index in [1.807, 2.05) is 30.3 Å². The fourth-order valence-electron chi connectivity index (χ4n) is 4.21. The van der Waals surface area contributed by atoms with Crippen molar-refractivity contribution in [1.82, 2.24) is 4.98 Å². The Kier molecular flexibility index (Phi) is 3.98. The molecular formula is C24H22N4O. The average molecular weight is 382 g/mol. The summed E-state index contributed by atoms with van der Waals surface area (Å²) in [6.07, 6.45) is 3.59. The van der Waals surface area contributed by atoms with Crippen LogP contribution in [0.4, 0.5) is 5.82 Å². The second kappa shape index (κ2) is 6.55. The predicted octanol–water partition coefficient (Wildman–Crippen LogP) is 4.02. The molecule has 1 fully saturated rings. The molecule has 2 N–H and O–H groups in total. The molecule has 0 bridgehead atoms. The Morgan fingerprint density at radius 3 is 2.45 bits per heavy atom. The lowest BCUT2D eigenvalue weighted by Gasteiger charge is -2.26. The minimum atomic E-state index is -0.971. The van der Waals surface area contributed by atoms with Crippen LogP contribution < -0.4 is 10.6 Å². The number of amides is 1. The Morgan fingerprint density at radius 1 is 1.00 bits per heavy atom. The van der Waals surface area contributed by atoms with Crippen LogP contribution in [0.3, 0.4) is 0 Å². The van der Waals surface area contributed by atoms with E-state index in [1.54, 1.807) is 12.3 Å². The topological polar surface area (TPSA) is 71.6 Å². The lowest BCUT2D eigenvalue weighted by Crippen LogP contribution is -2.44. The molecule has 1 unspecified atom stereocenters. The summed E-state index contributed by atoms with van der Waals surface area (Å²) in [5.41, 5.74) is 9.59. The largest absolute Gasteiger partial charge is 0.369 e. The summed E-state index contributed by atoms with van der Waals surface area (Å²) in [6, 6.07) is 22.0. The molecule has 0 spiro atoms. The summed E-state index contributed by atoms with van der Waals surface area (Å²) >= 11 is 0. The maximum Gasteiger partial charge on any atom is 0.268 e. The number of nitrogens with zero attached hydrogens (tertiary/aromatic N) is 3. The van der Waals surface area contributed by atoms with E-state index >= 15 is 0 Å². The van der Waals surface area contributed by atoms with Crippen molar-refractivity contribution in [3.8, 4) is 11.1 Å². The maximum absolute atomic E-state index is 13.7. The zero-order valence-corrected chi connectivity index (χ0v) is 16.2. The SMILES string of the molecule is Cc1cccc(-c2cccc(C3(C4CC4)N=C(N)N(c4ccccn4)C3=O)c2)c1. The van der Waals surface area contributed by atoms with Gasteiger partial charge in [-0.2, -0.15) is 0 Å². The molecule has 5 heteroatoms. The first-order valence-corrected chi connectivity index (χ1v) is 9.88. The number of guanidine groups is 1. The van der Waals surface area contributed by atoms with E-state index < -0.39 is 5.54 Å². The summed E-state index contributed by atoms with van der Waals surface area (Å²) in [4.78, 5) is 24.3. The van der Waals surface area contributed by atoms with Crippen molar-refractivity contribution in [1.29, 1.82) is 0 Å². The molecule has 2 aliphatic rings. The van der Waals surface area contributed by atoms with Crippen LogP contribution in [-0.4, -0.2) is 16.9 Å². The normalized spacial score (nSPS) is 21.3. The fourth-order valence-corrected chi connectivity index (χ4v) is 4.21. The number of hydrogen-bond donors (Lipinski definition) is 1. The van der Waals surface area contributed by atoms with Gasteiger partial charge in [0.15, 0.2) is 5.54 Å². The molecule has 0 radical (unpaired) electrons. The number of rotatable bonds is 4. The molecule has 2 heterocycles. The Hall–Kier alpha value is -3.47. The van der Waals surface area contributed by atoms with Gasteiger partial charge in [0.05, 0.1) is 0 Å². The summed E-state index contributed by atoms with van der Waals surface area (Å²) in [6.45, 7) is 2.08. The number of hydrogen-bond acceptors (Lipinski definition) is 4. The number of carbonyl (C=O) groups excluding carboxylic acids is 1. The Morgan fingerprint density at radius 2 is 1.76 bits per heavy atom. The number of aliphatic imine (C=N–C) groups is 1. The molecule has 1 amide bonds. The van der Waals surface area contributed by atoms with Crippen LogP contribution >= 0.6 is 0 Å². The van der Waals surface area contributed by atoms with E-state index in [0.717, 1.165) is 29.5 Å². The van der Waals surface area contributed by atoms with Crippen molar-refractivity contribution < 1.29 is 4.79 Å². The van der Waals surface area contributed by atoms with E-state index in [2.05, 4.69) is 42.2 Å². The highest BCUT2D eigenvalue weighted by Gasteiger charge is 2.58. The molecule has 2 aromatic carbocycles. The molecule has 29 heavy (non-hydrogen) atoms. The maximum atomic E-state index is 13.7. The molecule has 5 rings (SSSR count). The third-order valence-electron chi connectivity index (χ3n) is 5.75. The van der Waals surface area contributed by atoms with Gasteiger partial charge in [-0.15, -0.1) is 0 Å². The van der Waals surface area contributed by atoms with Gasteiger partial charge in [-0.1, -0.05) is 54.1 Å². The Bertz CT molecular complexity index is 1120. The Labute approximate surface area is 169 Å². The predicted molar refractivity (Wildman–Crippen MR) is 114 cm³/mol. The molecule has 1 aliphatic heterocycles. The van der Waals surface area contributed by atoms with E-state index in [0.29, 0.717) is 5.82 Å². The number of anilines is 1. The van der Waals surface area contributed by atoms with Gasteiger partial charge >= 0.3 is 0 Å². The van der Waals surface area contributed by atoms with Gasteiger partial charge in [-0.25, -0.2) is 14.9 Å². The van der Waals surface area contributed by atoms with Crippen LogP contribution in [0.1, 0.15) is 24.0 Å². The van der Waals surface area contributed by atoms with E-state index in [9.17, 15) is 4.79 Å². The molecule has 1 saturated carbocycles. The smallest absolute Gasteiger partial charge is 0.268 e. The van der Waals surface area contributed by atoms with Crippen molar-refractivity contribution >= 4 is 17.7 Å². The zero-order valence-electron chi connectivity index (χ0n) is 16.2. The average Bonchev–Trinajstić information content (AvgIpc) is 3.55. The van der Waals surface area contributed by atoms with Crippen LogP contribution in [0.5, 0.6) is 0 Å². The zero-order chi connectivity index (χ0) is 20.0. The monoisotopic (exact) mass is 382 g/mol. The number of benzene rings is 2. The lowest BCUT2D eigenvalue weighted by molar-refractivity contribution is -0.122. The second-order valence-electron chi connectivity index (χ2n) is 7.79. The number of aryl methyl sites for hydroxylation is 1. The van der Waals surface area contributed by atoms with Crippen molar-refractivity contribution in [3.63, 3.8) is 0 Å². The summed E-state index contributed by atoms with van der Waals surface area (Å²) in [5.74, 6) is 0.769. The summed E-state index contributed by atoms with van der Waals surface area (Å²) < 4.78 is 0. The molecule has 5 nitrogen and oxygen atoms in total. The highest BCUT2D eigenvalue weighted by atomic mass is 16.2. The highest BCUT2D eigenvalue weighted by Crippen LogP contribution is 2.52. The van der Waals surface area contributed by atoms with Gasteiger partial charge < -0.3 is 5.73 Å². The number of aromatic nitrogens is 1. The van der Waals surface area contributed by atoms with Crippen LogP contribution in [-0.2, 0) is 10.3 Å². The summed E-state index contributed by atoms with van der Waals surface area (Å²) in [7, 11) is 0. The molecule has 144 valence electrons. The quantitative estimate of drug-likeness (QED) is 0.741. The van der Waals surface area contributed by atoms with E-state index in [-0.39, 0.29) is 17.8 Å². The van der Waals surface area contributed by atoms with Crippen LogP contribution in [0, 0.1) is 12.8 Å². The third-order valence-corrected chi connectivity index (χ3v) is 5.75. The van der Waals surface area contributed by atoms with Crippen LogP contribution in [0.25, 0.3) is 11.1 Å². The third kappa shape index (κ3) is 2.81. The van der Waals surface area contributed by atoms with Gasteiger partial charge in [-0.3, -0.25) is 4.79 Å². The highest BCUT2D eigenvalue weighted by molar-refractivity contribution is 6.23. The van der Waals surface area contributed by atoms with Gasteiger partial charge in [-0.05, 0) is 60.6 Å². The molecule has 3 aromatic rings. The van der Waals surface area contributed by atoms with Crippen molar-refractivity contribution in [2.75, 3.05) is 4.90 Å². The van der Waals surface area contributed by atoms with Gasteiger partial charge in [0.25, 0.3) is 5.91 Å². The minimum absolute atomic E-state index is 0.113. The first-order chi connectivity index (χ1) is 14.1. The number of nitrogens with two attached hydrogens (primary N) is 1. The molecular weight excluding hydrogens is 360 g/mol. The number of pyridine rings is 1. The minimum Gasteiger partial charge on any atom is -0.369 e. The van der Waals surface area contributed by atoms with Gasteiger partial charge in [0.1, 0.15) is 5.82 Å². The second-order valence-corrected chi connectivity index (χ2v) is 7.79. The molecule has 1 atom stereocenters.